The molecule has 1 N–H and O–H groups in total. The van der Waals surface area contributed by atoms with E-state index in [-0.39, 0.29) is 6.61 Å². The molecule has 34 heavy (non-hydrogen) atoms. The number of hydrogen-bond acceptors (Lipinski definition) is 5. The van der Waals surface area contributed by atoms with Crippen molar-refractivity contribution in [2.24, 2.45) is 0 Å². The summed E-state index contributed by atoms with van der Waals surface area (Å²) < 4.78 is 11.0. The maximum absolute atomic E-state index is 5.66. The number of ether oxygens (including phenoxy) is 2. The number of nitrogens with one attached hydrogen (secondary N) is 1. The number of H-pyrrole nitrogens is 1. The third-order valence-electron chi connectivity index (χ3n) is 5.74. The number of imidazole rings is 1. The summed E-state index contributed by atoms with van der Waals surface area (Å²) in [5.41, 5.74) is 5.54. The van der Waals surface area contributed by atoms with Crippen molar-refractivity contribution >= 4 is 21.9 Å². The number of terminal acetylenes is 1. The minimum atomic E-state index is 0.200. The van der Waals surface area contributed by atoms with Gasteiger partial charge in [-0.1, -0.05) is 44.0 Å². The average molecular weight is 449 g/mol. The molecule has 5 aromatic rings. The van der Waals surface area contributed by atoms with Gasteiger partial charge in [-0.25, -0.2) is 15.0 Å². The lowest BCUT2D eigenvalue weighted by atomic mass is 9.99. The van der Waals surface area contributed by atoms with Crippen molar-refractivity contribution in [2.45, 2.75) is 19.8 Å². The predicted molar refractivity (Wildman–Crippen MR) is 135 cm³/mol. The highest BCUT2D eigenvalue weighted by Gasteiger charge is 2.16. The average Bonchev–Trinajstić information content (AvgIpc) is 3.30. The highest BCUT2D eigenvalue weighted by atomic mass is 16.5. The number of aromatic amines is 1. The van der Waals surface area contributed by atoms with Crippen LogP contribution in [-0.2, 0) is 0 Å². The Hall–Kier alpha value is -4.37. The molecule has 168 valence electrons. The van der Waals surface area contributed by atoms with Crippen molar-refractivity contribution in [1.82, 2.24) is 19.9 Å². The molecule has 0 aliphatic rings. The van der Waals surface area contributed by atoms with E-state index in [1.54, 1.807) is 7.11 Å². The summed E-state index contributed by atoms with van der Waals surface area (Å²) in [6.45, 7) is 4.56. The Kier molecular flexibility index (Phi) is 5.60. The van der Waals surface area contributed by atoms with E-state index in [0.717, 1.165) is 38.9 Å². The highest BCUT2D eigenvalue weighted by Crippen LogP contribution is 2.32. The molecule has 0 spiro atoms. The van der Waals surface area contributed by atoms with Gasteiger partial charge in [0.15, 0.2) is 11.6 Å². The first-order valence-electron chi connectivity index (χ1n) is 11.1. The molecule has 5 rings (SSSR count). The second kappa shape index (κ2) is 8.87. The fraction of sp³-hybridized carbons (Fsp3) is 0.179. The minimum absolute atomic E-state index is 0.200. The van der Waals surface area contributed by atoms with Crippen LogP contribution in [0.2, 0.25) is 0 Å². The third-order valence-corrected chi connectivity index (χ3v) is 5.74. The number of methoxy groups -OCH3 is 1. The second-order valence-corrected chi connectivity index (χ2v) is 8.31. The molecule has 0 unspecified atom stereocenters. The summed E-state index contributed by atoms with van der Waals surface area (Å²) in [6, 6.07) is 19.9. The Morgan fingerprint density at radius 1 is 0.912 bits per heavy atom. The molecule has 0 atom stereocenters. The molecule has 0 amide bonds. The summed E-state index contributed by atoms with van der Waals surface area (Å²) >= 11 is 0. The topological polar surface area (TPSA) is 72.9 Å². The van der Waals surface area contributed by atoms with E-state index in [0.29, 0.717) is 23.3 Å². The van der Waals surface area contributed by atoms with Crippen LogP contribution in [0.3, 0.4) is 0 Å². The largest absolute Gasteiger partial charge is 0.497 e. The molecule has 0 saturated heterocycles. The number of nitrogens with zero attached hydrogens (tertiary/aromatic N) is 3. The molecule has 2 aromatic heterocycles. The Morgan fingerprint density at radius 3 is 2.41 bits per heavy atom. The summed E-state index contributed by atoms with van der Waals surface area (Å²) in [5, 5.41) is 0.883. The van der Waals surface area contributed by atoms with Gasteiger partial charge in [0.2, 0.25) is 0 Å². The van der Waals surface area contributed by atoms with Gasteiger partial charge in [0.25, 0.3) is 0 Å². The summed E-state index contributed by atoms with van der Waals surface area (Å²) in [6.07, 6.45) is 5.36. The van der Waals surface area contributed by atoms with E-state index < -0.39 is 0 Å². The molecular formula is C28H24N4O2. The number of aromatic nitrogens is 4. The van der Waals surface area contributed by atoms with Gasteiger partial charge >= 0.3 is 0 Å². The van der Waals surface area contributed by atoms with Gasteiger partial charge in [-0.3, -0.25) is 0 Å². The van der Waals surface area contributed by atoms with Crippen LogP contribution in [0, 0.1) is 12.3 Å². The van der Waals surface area contributed by atoms with Gasteiger partial charge < -0.3 is 14.5 Å². The van der Waals surface area contributed by atoms with Crippen LogP contribution in [0.25, 0.3) is 44.8 Å². The van der Waals surface area contributed by atoms with Crippen LogP contribution in [0.1, 0.15) is 25.3 Å². The monoisotopic (exact) mass is 448 g/mol. The molecule has 0 saturated carbocycles. The van der Waals surface area contributed by atoms with Gasteiger partial charge in [-0.15, -0.1) is 6.42 Å². The Labute approximate surface area is 198 Å². The fourth-order valence-corrected chi connectivity index (χ4v) is 3.90. The summed E-state index contributed by atoms with van der Waals surface area (Å²) in [4.78, 5) is 17.8. The summed E-state index contributed by atoms with van der Waals surface area (Å²) in [5.74, 6) is 5.50. The molecule has 6 nitrogen and oxygen atoms in total. The Balaban J connectivity index is 1.68. The molecule has 0 aliphatic heterocycles. The summed E-state index contributed by atoms with van der Waals surface area (Å²) in [7, 11) is 1.64. The first kappa shape index (κ1) is 21.5. The second-order valence-electron chi connectivity index (χ2n) is 8.31. The van der Waals surface area contributed by atoms with Crippen LogP contribution < -0.4 is 9.47 Å². The quantitative estimate of drug-likeness (QED) is 0.323. The van der Waals surface area contributed by atoms with E-state index >= 15 is 0 Å². The zero-order chi connectivity index (χ0) is 23.7. The molecule has 0 fully saturated rings. The SMILES string of the molecule is C#CCOc1ccc2nc(-c3nc4ccc(OC)cc4[nH]3)nc(-c3ccc(C(C)C)cc3)c2c1. The number of fused-ring (bicyclic) bond motifs is 2. The first-order chi connectivity index (χ1) is 16.6. The molecule has 0 bridgehead atoms. The van der Waals surface area contributed by atoms with Gasteiger partial charge in [0, 0.05) is 17.0 Å². The number of benzene rings is 3. The van der Waals surface area contributed by atoms with E-state index in [9.17, 15) is 0 Å². The van der Waals surface area contributed by atoms with Gasteiger partial charge in [0.1, 0.15) is 18.1 Å². The molecule has 0 aliphatic carbocycles. The van der Waals surface area contributed by atoms with Crippen LogP contribution >= 0.6 is 0 Å². The molecule has 3 aromatic carbocycles. The normalized spacial score (nSPS) is 11.1. The molecular weight excluding hydrogens is 424 g/mol. The highest BCUT2D eigenvalue weighted by molar-refractivity contribution is 5.94. The maximum atomic E-state index is 5.66. The first-order valence-corrected chi connectivity index (χ1v) is 11.1. The van der Waals surface area contributed by atoms with Crippen LogP contribution in [0.15, 0.2) is 60.7 Å². The van der Waals surface area contributed by atoms with Crippen molar-refractivity contribution in [3.63, 3.8) is 0 Å². The van der Waals surface area contributed by atoms with Crippen molar-refractivity contribution in [1.29, 1.82) is 0 Å². The maximum Gasteiger partial charge on any atom is 0.196 e. The fourth-order valence-electron chi connectivity index (χ4n) is 3.90. The van der Waals surface area contributed by atoms with Gasteiger partial charge in [-0.05, 0) is 41.8 Å². The van der Waals surface area contributed by atoms with E-state index in [2.05, 4.69) is 49.0 Å². The lowest BCUT2D eigenvalue weighted by molar-refractivity contribution is 0.371. The van der Waals surface area contributed by atoms with E-state index in [1.165, 1.54) is 5.56 Å². The molecule has 6 heteroatoms. The molecule has 2 heterocycles. The standard InChI is InChI=1S/C28H24N4O2/c1-5-14-34-21-11-12-23-22(15-21)26(19-8-6-18(7-9-19)17(2)3)32-28(29-23)27-30-24-13-10-20(33-4)16-25(24)31-27/h1,6-13,15-17H,14H2,2-4H3,(H,30,31). The predicted octanol–water partition coefficient (Wildman–Crippen LogP) is 5.98. The minimum Gasteiger partial charge on any atom is -0.497 e. The lowest BCUT2D eigenvalue weighted by Crippen LogP contribution is -1.98. The number of hydrogen-bond donors (Lipinski definition) is 1. The van der Waals surface area contributed by atoms with Crippen molar-refractivity contribution in [2.75, 3.05) is 13.7 Å². The van der Waals surface area contributed by atoms with Gasteiger partial charge in [0.05, 0.1) is 29.4 Å². The van der Waals surface area contributed by atoms with Crippen molar-refractivity contribution in [3.8, 4) is 46.7 Å². The third kappa shape index (κ3) is 4.04. The van der Waals surface area contributed by atoms with Crippen molar-refractivity contribution < 1.29 is 9.47 Å². The zero-order valence-corrected chi connectivity index (χ0v) is 19.3. The van der Waals surface area contributed by atoms with Gasteiger partial charge in [-0.2, -0.15) is 0 Å². The lowest BCUT2D eigenvalue weighted by Gasteiger charge is -2.11. The zero-order valence-electron chi connectivity index (χ0n) is 19.3. The Morgan fingerprint density at radius 2 is 1.68 bits per heavy atom. The van der Waals surface area contributed by atoms with Crippen LogP contribution in [0.5, 0.6) is 11.5 Å². The Bertz CT molecular complexity index is 1530. The van der Waals surface area contributed by atoms with Crippen molar-refractivity contribution in [3.05, 3.63) is 66.2 Å². The van der Waals surface area contributed by atoms with E-state index in [1.807, 2.05) is 36.4 Å². The van der Waals surface area contributed by atoms with E-state index in [4.69, 9.17) is 30.8 Å². The smallest absolute Gasteiger partial charge is 0.196 e. The number of rotatable bonds is 6. The van der Waals surface area contributed by atoms with Crippen LogP contribution in [0.4, 0.5) is 0 Å². The van der Waals surface area contributed by atoms with Crippen LogP contribution in [-0.4, -0.2) is 33.7 Å². The molecule has 0 radical (unpaired) electrons.